The minimum absolute atomic E-state index is 0.109. The minimum Gasteiger partial charge on any atom is -0.481 e. The van der Waals surface area contributed by atoms with Crippen LogP contribution in [0.5, 0.6) is 0 Å². The average Bonchev–Trinajstić information content (AvgIpc) is 3.41. The van der Waals surface area contributed by atoms with Gasteiger partial charge in [0, 0.05) is 26.1 Å². The van der Waals surface area contributed by atoms with E-state index < -0.39 is 48.8 Å². The number of rotatable bonds is 19. The Labute approximate surface area is 238 Å². The second-order valence-electron chi connectivity index (χ2n) is 9.36. The third-order valence-electron chi connectivity index (χ3n) is 5.95. The van der Waals surface area contributed by atoms with Crippen molar-refractivity contribution in [3.8, 4) is 0 Å². The van der Waals surface area contributed by atoms with Crippen molar-refractivity contribution in [1.82, 2.24) is 20.9 Å². The lowest BCUT2D eigenvalue weighted by molar-refractivity contribution is -0.138. The maximum absolute atomic E-state index is 12.5. The number of hydrogen-bond donors (Lipinski definition) is 8. The normalized spacial score (nSPS) is 16.5. The third kappa shape index (κ3) is 15.3. The highest BCUT2D eigenvalue weighted by Gasteiger charge is 2.38. The van der Waals surface area contributed by atoms with Crippen LogP contribution in [-0.2, 0) is 33.4 Å². The molecule has 0 spiro atoms. The lowest BCUT2D eigenvalue weighted by Gasteiger charge is -2.27. The monoisotopic (exact) mass is 587 g/mol. The molecule has 0 bridgehead atoms. The Balaban J connectivity index is 2.08. The number of carboxylic acid groups (broad SMARTS) is 1. The van der Waals surface area contributed by atoms with Crippen molar-refractivity contribution >= 4 is 42.7 Å². The molecule has 1 rings (SSSR count). The summed E-state index contributed by atoms with van der Waals surface area (Å²) in [5.41, 5.74) is 11.4. The Kier molecular flexibility index (Phi) is 17.2. The number of aliphatic carboxylic acids is 1. The van der Waals surface area contributed by atoms with Crippen LogP contribution in [0.25, 0.3) is 0 Å². The number of likely N-dealkylation sites (tertiary alicyclic amines) is 1. The van der Waals surface area contributed by atoms with Gasteiger partial charge in [-0.3, -0.25) is 34.3 Å². The zero-order valence-electron chi connectivity index (χ0n) is 23.3. The summed E-state index contributed by atoms with van der Waals surface area (Å²) in [6.45, 7) is 2.52. The molecule has 0 saturated carbocycles. The van der Waals surface area contributed by atoms with Crippen molar-refractivity contribution in [3.05, 3.63) is 0 Å². The smallest absolute Gasteiger partial charge is 0.475 e. The van der Waals surface area contributed by atoms with E-state index in [2.05, 4.69) is 20.9 Å². The average molecular weight is 587 g/mol. The highest BCUT2D eigenvalue weighted by atomic mass is 16.5. The van der Waals surface area contributed by atoms with Gasteiger partial charge in [-0.2, -0.15) is 0 Å². The lowest BCUT2D eigenvalue weighted by atomic mass is 9.78. The number of carboxylic acids is 1. The number of nitrogens with two attached hydrogens (primary N) is 2. The Bertz CT molecular complexity index is 908. The van der Waals surface area contributed by atoms with E-state index in [1.54, 1.807) is 0 Å². The zero-order valence-corrected chi connectivity index (χ0v) is 23.3. The van der Waals surface area contributed by atoms with Crippen LogP contribution in [0, 0.1) is 0 Å². The van der Waals surface area contributed by atoms with Crippen LogP contribution in [-0.4, -0.2) is 127 Å². The van der Waals surface area contributed by atoms with Gasteiger partial charge in [-0.05, 0) is 32.6 Å². The largest absolute Gasteiger partial charge is 0.481 e. The van der Waals surface area contributed by atoms with Gasteiger partial charge in [-0.25, -0.2) is 0 Å². The van der Waals surface area contributed by atoms with Crippen molar-refractivity contribution in [2.45, 2.75) is 63.5 Å². The van der Waals surface area contributed by atoms with Gasteiger partial charge in [0.05, 0.1) is 38.2 Å². The van der Waals surface area contributed by atoms with E-state index in [4.69, 9.17) is 26.0 Å². The molecule has 0 aliphatic carbocycles. The van der Waals surface area contributed by atoms with E-state index in [1.165, 1.54) is 11.8 Å². The molecule has 17 nitrogen and oxygen atoms in total. The first-order chi connectivity index (χ1) is 19.4. The molecule has 0 aromatic carbocycles. The van der Waals surface area contributed by atoms with Gasteiger partial charge in [-0.1, -0.05) is 0 Å². The first kappa shape index (κ1) is 35.7. The number of amides is 4. The fraction of sp³-hybridized carbons (Fsp3) is 0.739. The maximum Gasteiger partial charge on any atom is 0.475 e. The summed E-state index contributed by atoms with van der Waals surface area (Å²) in [6, 6.07) is -1.62. The number of aliphatic imine (C=N–C) groups is 1. The Morgan fingerprint density at radius 3 is 2.49 bits per heavy atom. The molecule has 0 radical (unpaired) electrons. The molecule has 0 aromatic heterocycles. The molecule has 1 heterocycles. The van der Waals surface area contributed by atoms with E-state index in [-0.39, 0.29) is 64.2 Å². The standard InChI is InChI=1S/C23H42BN7O10/c1-15(22(37)31-10-3-5-17(31)24(38)39)29-19(33)14-41-13-12-40-11-9-27-21(36)16(25)4-2-8-28-23(26)30-18(32)6-7-20(34)35/h15-17,38-39H,2-14,25H2,1H3,(H,27,36)(H,29,33)(H,34,35)(H3,26,28,30,32)/t15-,16+,17?/m1/s1. The summed E-state index contributed by atoms with van der Waals surface area (Å²) in [7, 11) is -1.63. The van der Waals surface area contributed by atoms with Gasteiger partial charge in [-0.15, -0.1) is 0 Å². The molecule has 10 N–H and O–H groups in total. The van der Waals surface area contributed by atoms with Crippen LogP contribution in [0.15, 0.2) is 4.99 Å². The molecular weight excluding hydrogens is 545 g/mol. The number of hydrogen-bond acceptors (Lipinski definition) is 11. The molecule has 18 heteroatoms. The highest BCUT2D eigenvalue weighted by molar-refractivity contribution is 6.43. The first-order valence-corrected chi connectivity index (χ1v) is 13.4. The summed E-state index contributed by atoms with van der Waals surface area (Å²) < 4.78 is 10.6. The number of nitrogens with zero attached hydrogens (tertiary/aromatic N) is 2. The zero-order chi connectivity index (χ0) is 30.8. The van der Waals surface area contributed by atoms with Crippen molar-refractivity contribution in [2.24, 2.45) is 16.5 Å². The van der Waals surface area contributed by atoms with Crippen molar-refractivity contribution in [1.29, 1.82) is 0 Å². The Hall–Kier alpha value is -3.32. The molecule has 1 saturated heterocycles. The van der Waals surface area contributed by atoms with Gasteiger partial charge >= 0.3 is 13.1 Å². The number of guanidine groups is 1. The molecule has 41 heavy (non-hydrogen) atoms. The maximum atomic E-state index is 12.5. The minimum atomic E-state index is -1.63. The van der Waals surface area contributed by atoms with Crippen molar-refractivity contribution in [3.63, 3.8) is 0 Å². The summed E-state index contributed by atoms with van der Waals surface area (Å²) >= 11 is 0. The number of ether oxygens (including phenoxy) is 2. The number of carbonyl (C=O) groups is 5. The lowest BCUT2D eigenvalue weighted by Crippen LogP contribution is -2.53. The van der Waals surface area contributed by atoms with Crippen LogP contribution < -0.4 is 27.4 Å². The molecule has 232 valence electrons. The SMILES string of the molecule is C[C@@H](NC(=O)COCCOCCNC(=O)[C@@H](N)CCCN=C(N)NC(=O)CCC(=O)O)C(=O)N1CCCC1B(O)O. The molecule has 1 unspecified atom stereocenters. The Morgan fingerprint density at radius 1 is 1.10 bits per heavy atom. The first-order valence-electron chi connectivity index (χ1n) is 13.4. The number of carbonyl (C=O) groups excluding carboxylic acids is 4. The van der Waals surface area contributed by atoms with E-state index in [9.17, 15) is 34.0 Å². The van der Waals surface area contributed by atoms with Crippen LogP contribution >= 0.6 is 0 Å². The van der Waals surface area contributed by atoms with E-state index in [0.717, 1.165) is 0 Å². The summed E-state index contributed by atoms with van der Waals surface area (Å²) in [6.07, 6.45) is 1.36. The fourth-order valence-corrected chi connectivity index (χ4v) is 3.84. The highest BCUT2D eigenvalue weighted by Crippen LogP contribution is 2.19. The second kappa shape index (κ2) is 19.7. The van der Waals surface area contributed by atoms with E-state index >= 15 is 0 Å². The second-order valence-corrected chi connectivity index (χ2v) is 9.36. The molecule has 4 amide bonds. The number of nitrogens with one attached hydrogen (secondary N) is 3. The van der Waals surface area contributed by atoms with E-state index in [1.807, 2.05) is 0 Å². The fourth-order valence-electron chi connectivity index (χ4n) is 3.84. The molecule has 3 atom stereocenters. The third-order valence-corrected chi connectivity index (χ3v) is 5.95. The molecule has 1 aliphatic rings. The quantitative estimate of drug-likeness (QED) is 0.0311. The molecule has 0 aromatic rings. The molecule has 1 aliphatic heterocycles. The molecular formula is C23H42BN7O10. The van der Waals surface area contributed by atoms with Crippen LogP contribution in [0.3, 0.4) is 0 Å². The topological polar surface area (TPSA) is 268 Å². The predicted molar refractivity (Wildman–Crippen MR) is 146 cm³/mol. The van der Waals surface area contributed by atoms with Crippen LogP contribution in [0.4, 0.5) is 0 Å². The molecule has 1 fully saturated rings. The van der Waals surface area contributed by atoms with Crippen LogP contribution in [0.1, 0.15) is 45.4 Å². The van der Waals surface area contributed by atoms with Gasteiger partial charge < -0.3 is 51.6 Å². The summed E-state index contributed by atoms with van der Waals surface area (Å²) in [4.78, 5) is 63.7. The van der Waals surface area contributed by atoms with Crippen LogP contribution in [0.2, 0.25) is 0 Å². The summed E-state index contributed by atoms with van der Waals surface area (Å²) in [5.74, 6) is -3.74. The van der Waals surface area contributed by atoms with Crippen molar-refractivity contribution in [2.75, 3.05) is 46.1 Å². The Morgan fingerprint density at radius 2 is 1.80 bits per heavy atom. The van der Waals surface area contributed by atoms with Crippen molar-refractivity contribution < 1.29 is 48.6 Å². The van der Waals surface area contributed by atoms with Gasteiger partial charge in [0.2, 0.25) is 23.6 Å². The summed E-state index contributed by atoms with van der Waals surface area (Å²) in [5, 5.41) is 34.8. The van der Waals surface area contributed by atoms with Gasteiger partial charge in [0.25, 0.3) is 0 Å². The predicted octanol–water partition coefficient (Wildman–Crippen LogP) is -3.95. The van der Waals surface area contributed by atoms with Gasteiger partial charge in [0.15, 0.2) is 5.96 Å². The van der Waals surface area contributed by atoms with Gasteiger partial charge in [0.1, 0.15) is 12.6 Å². The van der Waals surface area contributed by atoms with E-state index in [0.29, 0.717) is 32.2 Å².